The molecule has 25 heavy (non-hydrogen) atoms. The van der Waals surface area contributed by atoms with Gasteiger partial charge < -0.3 is 9.63 Å². The van der Waals surface area contributed by atoms with Crippen LogP contribution < -0.4 is 5.56 Å². The lowest BCUT2D eigenvalue weighted by Gasteiger charge is -2.25. The first-order valence-corrected chi connectivity index (χ1v) is 8.38. The Kier molecular flexibility index (Phi) is 4.29. The summed E-state index contributed by atoms with van der Waals surface area (Å²) < 4.78 is 6.72. The number of aromatic nitrogens is 4. The number of hydrogen-bond donors (Lipinski definition) is 1. The number of aliphatic hydroxyl groups is 1. The number of hydrogen-bond acceptors (Lipinski definition) is 7. The number of rotatable bonds is 5. The number of nitrogens with zero attached hydrogens (tertiary/aromatic N) is 5. The Morgan fingerprint density at radius 1 is 1.32 bits per heavy atom. The summed E-state index contributed by atoms with van der Waals surface area (Å²) in [5.74, 6) is 1.23. The molecule has 8 heteroatoms. The third-order valence-electron chi connectivity index (χ3n) is 4.62. The van der Waals surface area contributed by atoms with E-state index in [9.17, 15) is 9.90 Å². The van der Waals surface area contributed by atoms with Crippen molar-refractivity contribution in [3.8, 4) is 0 Å². The molecule has 0 aliphatic carbocycles. The summed E-state index contributed by atoms with van der Waals surface area (Å²) in [6, 6.07) is 7.30. The van der Waals surface area contributed by atoms with Crippen molar-refractivity contribution in [2.45, 2.75) is 32.0 Å². The van der Waals surface area contributed by atoms with Gasteiger partial charge in [0.25, 0.3) is 5.56 Å². The second-order valence-corrected chi connectivity index (χ2v) is 6.13. The standard InChI is InChI=1S/C17H19N5O3/c23-9-8-22-16(20-13-5-2-1-4-12(13)17(22)24)14-6-3-7-21(14)10-15-18-11-19-25-15/h1-2,4-5,11,14,23H,3,6-10H2. The fourth-order valence-corrected chi connectivity index (χ4v) is 3.50. The van der Waals surface area contributed by atoms with E-state index in [1.807, 2.05) is 18.2 Å². The van der Waals surface area contributed by atoms with Crippen molar-refractivity contribution < 1.29 is 9.63 Å². The molecule has 0 saturated carbocycles. The molecule has 1 aromatic carbocycles. The number of benzene rings is 1. The average molecular weight is 341 g/mol. The molecule has 1 saturated heterocycles. The number of aliphatic hydroxyl groups excluding tert-OH is 1. The van der Waals surface area contributed by atoms with Crippen LogP contribution in [0.1, 0.15) is 30.6 Å². The Morgan fingerprint density at radius 2 is 2.20 bits per heavy atom. The maximum Gasteiger partial charge on any atom is 0.261 e. The molecular formula is C17H19N5O3. The molecule has 8 nitrogen and oxygen atoms in total. The summed E-state index contributed by atoms with van der Waals surface area (Å²) >= 11 is 0. The van der Waals surface area contributed by atoms with E-state index in [0.29, 0.717) is 29.2 Å². The predicted molar refractivity (Wildman–Crippen MR) is 89.8 cm³/mol. The molecule has 1 unspecified atom stereocenters. The van der Waals surface area contributed by atoms with Crippen molar-refractivity contribution in [1.29, 1.82) is 0 Å². The minimum Gasteiger partial charge on any atom is -0.395 e. The average Bonchev–Trinajstić information content (AvgIpc) is 3.30. The van der Waals surface area contributed by atoms with E-state index in [-0.39, 0.29) is 24.8 Å². The number of likely N-dealkylation sites (tertiary alicyclic amines) is 1. The Morgan fingerprint density at radius 3 is 3.00 bits per heavy atom. The molecule has 3 heterocycles. The van der Waals surface area contributed by atoms with Crippen LogP contribution in [0, 0.1) is 0 Å². The quantitative estimate of drug-likeness (QED) is 0.742. The zero-order chi connectivity index (χ0) is 17.2. The van der Waals surface area contributed by atoms with E-state index < -0.39 is 0 Å². The molecule has 0 spiro atoms. The fraction of sp³-hybridized carbons (Fsp3) is 0.412. The van der Waals surface area contributed by atoms with Crippen molar-refractivity contribution in [1.82, 2.24) is 24.6 Å². The second kappa shape index (κ2) is 6.73. The molecule has 1 N–H and O–H groups in total. The van der Waals surface area contributed by atoms with Crippen LogP contribution in [0.3, 0.4) is 0 Å². The van der Waals surface area contributed by atoms with Gasteiger partial charge in [-0.3, -0.25) is 14.3 Å². The maximum atomic E-state index is 12.9. The molecule has 2 aromatic heterocycles. The van der Waals surface area contributed by atoms with Gasteiger partial charge in [0.1, 0.15) is 5.82 Å². The lowest BCUT2D eigenvalue weighted by atomic mass is 10.1. The summed E-state index contributed by atoms with van der Waals surface area (Å²) in [6.07, 6.45) is 3.28. The highest BCUT2D eigenvalue weighted by Crippen LogP contribution is 2.32. The highest BCUT2D eigenvalue weighted by atomic mass is 16.5. The van der Waals surface area contributed by atoms with Crippen LogP contribution in [-0.4, -0.2) is 42.8 Å². The number of para-hydroxylation sites is 1. The van der Waals surface area contributed by atoms with Gasteiger partial charge in [-0.05, 0) is 31.5 Å². The van der Waals surface area contributed by atoms with Crippen LogP contribution in [0.15, 0.2) is 39.9 Å². The smallest absolute Gasteiger partial charge is 0.261 e. The first-order valence-electron chi connectivity index (χ1n) is 8.38. The molecule has 130 valence electrons. The van der Waals surface area contributed by atoms with Crippen molar-refractivity contribution >= 4 is 10.9 Å². The summed E-state index contributed by atoms with van der Waals surface area (Å²) in [5, 5.41) is 13.6. The highest BCUT2D eigenvalue weighted by Gasteiger charge is 2.31. The Labute approximate surface area is 143 Å². The maximum absolute atomic E-state index is 12.9. The second-order valence-electron chi connectivity index (χ2n) is 6.13. The van der Waals surface area contributed by atoms with E-state index >= 15 is 0 Å². The third kappa shape index (κ3) is 2.94. The molecule has 1 aliphatic rings. The van der Waals surface area contributed by atoms with E-state index in [1.54, 1.807) is 10.6 Å². The summed E-state index contributed by atoms with van der Waals surface area (Å²) in [4.78, 5) is 23.9. The fourth-order valence-electron chi connectivity index (χ4n) is 3.50. The SMILES string of the molecule is O=c1c2ccccc2nc(C2CCCN2Cc2ncno2)n1CCO. The van der Waals surface area contributed by atoms with E-state index in [0.717, 1.165) is 19.4 Å². The van der Waals surface area contributed by atoms with E-state index in [1.165, 1.54) is 6.33 Å². The molecule has 0 bridgehead atoms. The summed E-state index contributed by atoms with van der Waals surface area (Å²) in [5.41, 5.74) is 0.570. The van der Waals surface area contributed by atoms with Gasteiger partial charge >= 0.3 is 0 Å². The van der Waals surface area contributed by atoms with Crippen LogP contribution in [0.5, 0.6) is 0 Å². The van der Waals surface area contributed by atoms with Crippen molar-refractivity contribution in [3.63, 3.8) is 0 Å². The zero-order valence-electron chi connectivity index (χ0n) is 13.7. The normalized spacial score (nSPS) is 18.2. The Hall–Kier alpha value is -2.58. The van der Waals surface area contributed by atoms with Gasteiger partial charge in [0.2, 0.25) is 5.89 Å². The van der Waals surface area contributed by atoms with Crippen LogP contribution in [0.25, 0.3) is 10.9 Å². The molecule has 0 radical (unpaired) electrons. The molecule has 1 aliphatic heterocycles. The van der Waals surface area contributed by atoms with Crippen molar-refractivity contribution in [2.24, 2.45) is 0 Å². The molecule has 1 fully saturated rings. The highest BCUT2D eigenvalue weighted by molar-refractivity contribution is 5.77. The monoisotopic (exact) mass is 341 g/mol. The van der Waals surface area contributed by atoms with E-state index in [4.69, 9.17) is 9.51 Å². The van der Waals surface area contributed by atoms with Gasteiger partial charge in [0.15, 0.2) is 6.33 Å². The summed E-state index contributed by atoms with van der Waals surface area (Å²) in [6.45, 7) is 1.52. The molecular weight excluding hydrogens is 322 g/mol. The van der Waals surface area contributed by atoms with Gasteiger partial charge in [0, 0.05) is 0 Å². The summed E-state index contributed by atoms with van der Waals surface area (Å²) in [7, 11) is 0. The van der Waals surface area contributed by atoms with Crippen LogP contribution in [0.2, 0.25) is 0 Å². The van der Waals surface area contributed by atoms with E-state index in [2.05, 4.69) is 15.0 Å². The largest absolute Gasteiger partial charge is 0.395 e. The first-order chi connectivity index (χ1) is 12.3. The van der Waals surface area contributed by atoms with Crippen molar-refractivity contribution in [2.75, 3.05) is 13.2 Å². The zero-order valence-corrected chi connectivity index (χ0v) is 13.7. The minimum atomic E-state index is -0.112. The van der Waals surface area contributed by atoms with Crippen LogP contribution in [-0.2, 0) is 13.1 Å². The minimum absolute atomic E-state index is 0.0178. The third-order valence-corrected chi connectivity index (χ3v) is 4.62. The molecule has 1 atom stereocenters. The topological polar surface area (TPSA) is 97.3 Å². The van der Waals surface area contributed by atoms with Gasteiger partial charge in [0.05, 0.1) is 36.6 Å². The van der Waals surface area contributed by atoms with Crippen LogP contribution >= 0.6 is 0 Å². The van der Waals surface area contributed by atoms with Crippen LogP contribution in [0.4, 0.5) is 0 Å². The van der Waals surface area contributed by atoms with Gasteiger partial charge in [-0.25, -0.2) is 4.98 Å². The lowest BCUT2D eigenvalue weighted by Crippen LogP contribution is -2.33. The first kappa shape index (κ1) is 15.9. The predicted octanol–water partition coefficient (Wildman–Crippen LogP) is 1.11. The van der Waals surface area contributed by atoms with Gasteiger partial charge in [-0.15, -0.1) is 0 Å². The van der Waals surface area contributed by atoms with Gasteiger partial charge in [-0.1, -0.05) is 17.3 Å². The Bertz CT molecular complexity index is 922. The Balaban J connectivity index is 1.78. The van der Waals surface area contributed by atoms with Gasteiger partial charge in [-0.2, -0.15) is 4.98 Å². The number of fused-ring (bicyclic) bond motifs is 1. The van der Waals surface area contributed by atoms with Crippen molar-refractivity contribution in [3.05, 3.63) is 52.7 Å². The lowest BCUT2D eigenvalue weighted by molar-refractivity contribution is 0.197. The molecule has 3 aromatic rings. The molecule has 4 rings (SSSR count). The molecule has 0 amide bonds.